The fraction of sp³-hybridized carbons (Fsp3) is 0.250. The van der Waals surface area contributed by atoms with Gasteiger partial charge in [0.2, 0.25) is 0 Å². The van der Waals surface area contributed by atoms with E-state index < -0.39 is 0 Å². The molecule has 1 aromatic heterocycles. The third-order valence-electron chi connectivity index (χ3n) is 2.40. The van der Waals surface area contributed by atoms with E-state index >= 15 is 0 Å². The van der Waals surface area contributed by atoms with Crippen LogP contribution in [0.5, 0.6) is 0 Å². The minimum absolute atomic E-state index is 0.744. The van der Waals surface area contributed by atoms with Crippen LogP contribution in [0.1, 0.15) is 12.6 Å². The fourth-order valence-electron chi connectivity index (χ4n) is 1.59. The van der Waals surface area contributed by atoms with Crippen molar-refractivity contribution in [2.45, 2.75) is 20.0 Å². The molecule has 0 aliphatic rings. The summed E-state index contributed by atoms with van der Waals surface area (Å²) in [7, 11) is 0. The molecule has 84 valence electrons. The standard InChI is InChI=1S/C12H14ClN3/c1-2-16-12(6-7-15-16)9-14-11-5-3-4-10(13)8-11/h3-8,14H,2,9H2,1H3. The van der Waals surface area contributed by atoms with E-state index in [0.29, 0.717) is 0 Å². The predicted octanol–water partition coefficient (Wildman–Crippen LogP) is 3.17. The number of halogens is 1. The highest BCUT2D eigenvalue weighted by atomic mass is 35.5. The molecule has 0 fully saturated rings. The van der Waals surface area contributed by atoms with Crippen LogP contribution >= 0.6 is 11.6 Å². The molecule has 1 aromatic carbocycles. The lowest BCUT2D eigenvalue weighted by Crippen LogP contribution is -2.07. The van der Waals surface area contributed by atoms with Gasteiger partial charge in [0, 0.05) is 23.5 Å². The molecule has 0 spiro atoms. The zero-order valence-corrected chi connectivity index (χ0v) is 9.91. The molecule has 0 bridgehead atoms. The maximum atomic E-state index is 5.91. The number of anilines is 1. The second kappa shape index (κ2) is 5.03. The number of aromatic nitrogens is 2. The average molecular weight is 236 g/mol. The Bertz CT molecular complexity index is 465. The Labute approximate surface area is 100 Å². The Hall–Kier alpha value is -1.48. The SMILES string of the molecule is CCn1nccc1CNc1cccc(Cl)c1. The van der Waals surface area contributed by atoms with Gasteiger partial charge in [-0.1, -0.05) is 17.7 Å². The molecule has 1 N–H and O–H groups in total. The van der Waals surface area contributed by atoms with Crippen molar-refractivity contribution in [2.24, 2.45) is 0 Å². The molecule has 0 atom stereocenters. The first-order valence-corrected chi connectivity index (χ1v) is 5.67. The first-order valence-electron chi connectivity index (χ1n) is 5.29. The maximum absolute atomic E-state index is 5.91. The number of rotatable bonds is 4. The summed E-state index contributed by atoms with van der Waals surface area (Å²) in [5.41, 5.74) is 2.19. The quantitative estimate of drug-likeness (QED) is 0.882. The van der Waals surface area contributed by atoms with E-state index in [-0.39, 0.29) is 0 Å². The summed E-state index contributed by atoms with van der Waals surface area (Å²) in [5, 5.41) is 8.28. The van der Waals surface area contributed by atoms with Crippen molar-refractivity contribution in [3.8, 4) is 0 Å². The van der Waals surface area contributed by atoms with Crippen LogP contribution in [0, 0.1) is 0 Å². The number of aryl methyl sites for hydroxylation is 1. The summed E-state index contributed by atoms with van der Waals surface area (Å²) >= 11 is 5.91. The summed E-state index contributed by atoms with van der Waals surface area (Å²) in [6.07, 6.45) is 1.82. The molecule has 2 aromatic rings. The average Bonchev–Trinajstić information content (AvgIpc) is 2.74. The third-order valence-corrected chi connectivity index (χ3v) is 2.64. The molecular formula is C12H14ClN3. The smallest absolute Gasteiger partial charge is 0.0575 e. The molecule has 0 aliphatic carbocycles. The molecule has 2 rings (SSSR count). The van der Waals surface area contributed by atoms with Gasteiger partial charge in [-0.25, -0.2) is 0 Å². The van der Waals surface area contributed by atoms with Crippen LogP contribution in [-0.2, 0) is 13.1 Å². The Morgan fingerprint density at radius 2 is 2.25 bits per heavy atom. The van der Waals surface area contributed by atoms with Crippen LogP contribution < -0.4 is 5.32 Å². The monoisotopic (exact) mass is 235 g/mol. The highest BCUT2D eigenvalue weighted by Gasteiger charge is 2.00. The second-order valence-corrected chi connectivity index (χ2v) is 3.94. The minimum Gasteiger partial charge on any atom is -0.379 e. The van der Waals surface area contributed by atoms with Gasteiger partial charge in [-0.3, -0.25) is 4.68 Å². The third kappa shape index (κ3) is 2.55. The number of hydrogen-bond donors (Lipinski definition) is 1. The minimum atomic E-state index is 0.744. The number of nitrogens with one attached hydrogen (secondary N) is 1. The number of hydrogen-bond acceptors (Lipinski definition) is 2. The molecule has 0 unspecified atom stereocenters. The Morgan fingerprint density at radius 3 is 3.00 bits per heavy atom. The van der Waals surface area contributed by atoms with Crippen LogP contribution in [0.15, 0.2) is 36.5 Å². The van der Waals surface area contributed by atoms with Gasteiger partial charge >= 0.3 is 0 Å². The van der Waals surface area contributed by atoms with Gasteiger partial charge in [0.1, 0.15) is 0 Å². The summed E-state index contributed by atoms with van der Waals surface area (Å²) < 4.78 is 1.97. The number of benzene rings is 1. The van der Waals surface area contributed by atoms with Crippen molar-refractivity contribution in [1.29, 1.82) is 0 Å². The van der Waals surface area contributed by atoms with Crippen molar-refractivity contribution < 1.29 is 0 Å². The zero-order chi connectivity index (χ0) is 11.4. The van der Waals surface area contributed by atoms with Crippen molar-refractivity contribution >= 4 is 17.3 Å². The Kier molecular flexibility index (Phi) is 3.47. The molecule has 0 radical (unpaired) electrons. The van der Waals surface area contributed by atoms with E-state index in [1.54, 1.807) is 0 Å². The zero-order valence-electron chi connectivity index (χ0n) is 9.15. The maximum Gasteiger partial charge on any atom is 0.0575 e. The molecule has 0 saturated heterocycles. The Balaban J connectivity index is 2.02. The summed E-state index contributed by atoms with van der Waals surface area (Å²) in [5.74, 6) is 0. The lowest BCUT2D eigenvalue weighted by molar-refractivity contribution is 0.627. The lowest BCUT2D eigenvalue weighted by atomic mass is 10.3. The summed E-state index contributed by atoms with van der Waals surface area (Å²) in [6.45, 7) is 3.73. The molecule has 4 heteroatoms. The van der Waals surface area contributed by atoms with Crippen molar-refractivity contribution in [2.75, 3.05) is 5.32 Å². The molecule has 16 heavy (non-hydrogen) atoms. The fourth-order valence-corrected chi connectivity index (χ4v) is 1.78. The van der Waals surface area contributed by atoms with Gasteiger partial charge in [0.15, 0.2) is 0 Å². The van der Waals surface area contributed by atoms with E-state index in [4.69, 9.17) is 11.6 Å². The molecule has 0 aliphatic heterocycles. The van der Waals surface area contributed by atoms with Crippen molar-refractivity contribution in [3.63, 3.8) is 0 Å². The summed E-state index contributed by atoms with van der Waals surface area (Å²) in [6, 6.07) is 9.72. The topological polar surface area (TPSA) is 29.9 Å². The van der Waals surface area contributed by atoms with Gasteiger partial charge in [-0.2, -0.15) is 5.10 Å². The van der Waals surface area contributed by atoms with Gasteiger partial charge in [-0.15, -0.1) is 0 Å². The van der Waals surface area contributed by atoms with E-state index in [1.165, 1.54) is 5.69 Å². The van der Waals surface area contributed by atoms with Gasteiger partial charge in [0.25, 0.3) is 0 Å². The van der Waals surface area contributed by atoms with Gasteiger partial charge in [-0.05, 0) is 31.2 Å². The number of nitrogens with zero attached hydrogens (tertiary/aromatic N) is 2. The van der Waals surface area contributed by atoms with Gasteiger partial charge < -0.3 is 5.32 Å². The van der Waals surface area contributed by atoms with Crippen LogP contribution in [0.2, 0.25) is 5.02 Å². The van der Waals surface area contributed by atoms with Crippen molar-refractivity contribution in [3.05, 3.63) is 47.2 Å². The second-order valence-electron chi connectivity index (χ2n) is 3.50. The molecule has 0 saturated carbocycles. The first-order chi connectivity index (χ1) is 7.79. The highest BCUT2D eigenvalue weighted by molar-refractivity contribution is 6.30. The van der Waals surface area contributed by atoms with Crippen LogP contribution in [0.25, 0.3) is 0 Å². The lowest BCUT2D eigenvalue weighted by Gasteiger charge is -2.08. The van der Waals surface area contributed by atoms with Gasteiger partial charge in [0.05, 0.1) is 12.2 Å². The van der Waals surface area contributed by atoms with Crippen LogP contribution in [-0.4, -0.2) is 9.78 Å². The molecule has 1 heterocycles. The van der Waals surface area contributed by atoms with E-state index in [1.807, 2.05) is 41.2 Å². The predicted molar refractivity (Wildman–Crippen MR) is 66.7 cm³/mol. The molecule has 0 amide bonds. The largest absolute Gasteiger partial charge is 0.379 e. The Morgan fingerprint density at radius 1 is 1.38 bits per heavy atom. The highest BCUT2D eigenvalue weighted by Crippen LogP contribution is 2.15. The summed E-state index contributed by atoms with van der Waals surface area (Å²) in [4.78, 5) is 0. The normalized spacial score (nSPS) is 10.4. The van der Waals surface area contributed by atoms with E-state index in [2.05, 4.69) is 17.3 Å². The van der Waals surface area contributed by atoms with E-state index in [9.17, 15) is 0 Å². The molecule has 3 nitrogen and oxygen atoms in total. The van der Waals surface area contributed by atoms with Crippen molar-refractivity contribution in [1.82, 2.24) is 9.78 Å². The van der Waals surface area contributed by atoms with Crippen LogP contribution in [0.3, 0.4) is 0 Å². The van der Waals surface area contributed by atoms with E-state index in [0.717, 1.165) is 23.8 Å². The first kappa shape index (κ1) is 11.0. The molecular weight excluding hydrogens is 222 g/mol. The van der Waals surface area contributed by atoms with Crippen LogP contribution in [0.4, 0.5) is 5.69 Å².